The molecule has 1 aromatic heterocycles. The predicted molar refractivity (Wildman–Crippen MR) is 96.1 cm³/mol. The molecule has 0 radical (unpaired) electrons. The number of pyridine rings is 1. The lowest BCUT2D eigenvalue weighted by Gasteiger charge is -2.36. The van der Waals surface area contributed by atoms with E-state index in [2.05, 4.69) is 33.8 Å². The number of hydrogen-bond acceptors (Lipinski definition) is 4. The molecule has 25 heavy (non-hydrogen) atoms. The Hall–Kier alpha value is -2.24. The van der Waals surface area contributed by atoms with Crippen molar-refractivity contribution in [1.29, 1.82) is 0 Å². The van der Waals surface area contributed by atoms with Gasteiger partial charge in [0.05, 0.1) is 6.61 Å². The summed E-state index contributed by atoms with van der Waals surface area (Å²) < 4.78 is 6.02. The number of carbonyl (C=O) groups excluding carboxylic acids is 1. The third kappa shape index (κ3) is 3.72. The molecule has 1 aliphatic carbocycles. The largest absolute Gasteiger partial charge is 0.362 e. The maximum atomic E-state index is 12.8. The van der Waals surface area contributed by atoms with Gasteiger partial charge in [-0.25, -0.2) is 0 Å². The molecule has 2 fully saturated rings. The number of hydrogen-bond donors (Lipinski definition) is 2. The molecule has 2 aliphatic rings. The minimum atomic E-state index is -0.822. The van der Waals surface area contributed by atoms with Gasteiger partial charge in [0, 0.05) is 37.9 Å². The minimum absolute atomic E-state index is 0.0107. The van der Waals surface area contributed by atoms with Crippen LogP contribution in [0.5, 0.6) is 0 Å². The van der Waals surface area contributed by atoms with Crippen molar-refractivity contribution in [2.45, 2.75) is 30.9 Å². The zero-order valence-corrected chi connectivity index (χ0v) is 14.2. The summed E-state index contributed by atoms with van der Waals surface area (Å²) in [6.07, 6.45) is 6.30. The van der Waals surface area contributed by atoms with E-state index in [9.17, 15) is 4.79 Å². The smallest absolute Gasteiger partial charge is 0.254 e. The normalized spacial score (nSPS) is 23.2. The van der Waals surface area contributed by atoms with Crippen LogP contribution in [0.3, 0.4) is 0 Å². The molecular weight excluding hydrogens is 314 g/mol. The highest BCUT2D eigenvalue weighted by Crippen LogP contribution is 2.27. The number of benzene rings is 1. The van der Waals surface area contributed by atoms with Gasteiger partial charge in [0.15, 0.2) is 5.60 Å². The molecule has 2 heterocycles. The first-order valence-corrected chi connectivity index (χ1v) is 8.90. The first kappa shape index (κ1) is 16.2. The van der Waals surface area contributed by atoms with Crippen LogP contribution in [-0.4, -0.2) is 42.2 Å². The van der Waals surface area contributed by atoms with E-state index < -0.39 is 5.60 Å². The molecule has 5 heteroatoms. The fraction of sp³-hybridized carbons (Fsp3) is 0.400. The average Bonchev–Trinajstić information content (AvgIpc) is 3.47. The van der Waals surface area contributed by atoms with Gasteiger partial charge in [0.25, 0.3) is 5.91 Å². The number of aromatic nitrogens is 1. The average molecular weight is 337 g/mol. The molecule has 1 atom stereocenters. The molecule has 0 bridgehead atoms. The summed E-state index contributed by atoms with van der Waals surface area (Å²) in [5.41, 5.74) is 2.53. The molecule has 1 unspecified atom stereocenters. The van der Waals surface area contributed by atoms with Gasteiger partial charge in [0.2, 0.25) is 0 Å². The Kier molecular flexibility index (Phi) is 4.51. The highest BCUT2D eigenvalue weighted by Gasteiger charge is 2.43. The minimum Gasteiger partial charge on any atom is -0.362 e. The Labute approximate surface area is 147 Å². The fourth-order valence-electron chi connectivity index (χ4n) is 3.28. The summed E-state index contributed by atoms with van der Waals surface area (Å²) in [5, 5.41) is 6.44. The van der Waals surface area contributed by atoms with E-state index >= 15 is 0 Å². The molecule has 1 amide bonds. The van der Waals surface area contributed by atoms with Gasteiger partial charge in [-0.05, 0) is 41.7 Å². The lowest BCUT2D eigenvalue weighted by molar-refractivity contribution is -0.150. The predicted octanol–water partition coefficient (Wildman–Crippen LogP) is 1.93. The van der Waals surface area contributed by atoms with Crippen LogP contribution < -0.4 is 10.6 Å². The van der Waals surface area contributed by atoms with E-state index in [1.54, 1.807) is 12.4 Å². The van der Waals surface area contributed by atoms with Crippen molar-refractivity contribution in [1.82, 2.24) is 15.6 Å². The van der Waals surface area contributed by atoms with Crippen molar-refractivity contribution in [3.8, 4) is 11.1 Å². The molecule has 130 valence electrons. The van der Waals surface area contributed by atoms with E-state index in [4.69, 9.17) is 4.74 Å². The first-order valence-electron chi connectivity index (χ1n) is 8.90. The molecule has 0 spiro atoms. The van der Waals surface area contributed by atoms with Crippen molar-refractivity contribution in [2.75, 3.05) is 19.7 Å². The summed E-state index contributed by atoms with van der Waals surface area (Å²) in [6.45, 7) is 1.89. The van der Waals surface area contributed by atoms with Gasteiger partial charge in [0.1, 0.15) is 0 Å². The van der Waals surface area contributed by atoms with Crippen LogP contribution in [0.1, 0.15) is 18.4 Å². The Morgan fingerprint density at radius 2 is 2.08 bits per heavy atom. The van der Waals surface area contributed by atoms with E-state index in [1.807, 2.05) is 18.2 Å². The summed E-state index contributed by atoms with van der Waals surface area (Å²) >= 11 is 0. The number of nitrogens with one attached hydrogen (secondary N) is 2. The monoisotopic (exact) mass is 337 g/mol. The van der Waals surface area contributed by atoms with Gasteiger partial charge < -0.3 is 15.4 Å². The molecule has 4 rings (SSSR count). The number of ether oxygens (including phenoxy) is 1. The second-order valence-electron chi connectivity index (χ2n) is 6.88. The van der Waals surface area contributed by atoms with Gasteiger partial charge in [-0.3, -0.25) is 9.78 Å². The molecule has 2 N–H and O–H groups in total. The van der Waals surface area contributed by atoms with E-state index in [1.165, 1.54) is 0 Å². The Bertz CT molecular complexity index is 738. The highest BCUT2D eigenvalue weighted by molar-refractivity contribution is 5.86. The maximum absolute atomic E-state index is 12.8. The van der Waals surface area contributed by atoms with Crippen molar-refractivity contribution in [3.63, 3.8) is 0 Å². The molecule has 1 aliphatic heterocycles. The zero-order valence-electron chi connectivity index (χ0n) is 14.2. The summed E-state index contributed by atoms with van der Waals surface area (Å²) in [6, 6.07) is 12.6. The molecule has 5 nitrogen and oxygen atoms in total. The molecule has 1 aromatic carbocycles. The van der Waals surface area contributed by atoms with Crippen molar-refractivity contribution < 1.29 is 9.53 Å². The standard InChI is InChI=1S/C20H23N3O2/c24-19(23-18-4-5-18)20(14-22-10-11-25-20)13-15-2-1-3-17(12-15)16-6-8-21-9-7-16/h1-3,6-9,12,18,22H,4-5,10-11,13-14H2,(H,23,24). The lowest BCUT2D eigenvalue weighted by Crippen LogP contribution is -2.60. The maximum Gasteiger partial charge on any atom is 0.254 e. The van der Waals surface area contributed by atoms with Gasteiger partial charge in [-0.2, -0.15) is 0 Å². The number of nitrogens with zero attached hydrogens (tertiary/aromatic N) is 1. The number of amides is 1. The number of rotatable bonds is 5. The van der Waals surface area contributed by atoms with Crippen LogP contribution >= 0.6 is 0 Å². The molecular formula is C20H23N3O2. The summed E-state index contributed by atoms with van der Waals surface area (Å²) in [4.78, 5) is 16.9. The van der Waals surface area contributed by atoms with Crippen LogP contribution in [0.4, 0.5) is 0 Å². The lowest BCUT2D eigenvalue weighted by atomic mass is 9.90. The van der Waals surface area contributed by atoms with Crippen LogP contribution in [0, 0.1) is 0 Å². The Morgan fingerprint density at radius 1 is 1.24 bits per heavy atom. The van der Waals surface area contributed by atoms with Crippen molar-refractivity contribution in [2.24, 2.45) is 0 Å². The second-order valence-corrected chi connectivity index (χ2v) is 6.88. The summed E-state index contributed by atoms with van der Waals surface area (Å²) in [5.74, 6) is 0.0107. The number of carbonyl (C=O) groups is 1. The van der Waals surface area contributed by atoms with Gasteiger partial charge >= 0.3 is 0 Å². The van der Waals surface area contributed by atoms with Gasteiger partial charge in [-0.15, -0.1) is 0 Å². The van der Waals surface area contributed by atoms with E-state index in [-0.39, 0.29) is 5.91 Å². The first-order chi connectivity index (χ1) is 12.3. The van der Waals surface area contributed by atoms with Crippen molar-refractivity contribution in [3.05, 3.63) is 54.4 Å². The quantitative estimate of drug-likeness (QED) is 0.875. The van der Waals surface area contributed by atoms with E-state index in [0.717, 1.165) is 36.1 Å². The van der Waals surface area contributed by atoms with Crippen LogP contribution in [0.15, 0.2) is 48.8 Å². The topological polar surface area (TPSA) is 63.2 Å². The van der Waals surface area contributed by atoms with Gasteiger partial charge in [-0.1, -0.05) is 24.3 Å². The second kappa shape index (κ2) is 6.94. The SMILES string of the molecule is O=C(NC1CC1)C1(Cc2cccc(-c3ccncc3)c2)CNCCO1. The Balaban J connectivity index is 1.58. The van der Waals surface area contributed by atoms with Crippen molar-refractivity contribution >= 4 is 5.91 Å². The fourth-order valence-corrected chi connectivity index (χ4v) is 3.28. The number of morpholine rings is 1. The molecule has 2 aromatic rings. The highest BCUT2D eigenvalue weighted by atomic mass is 16.5. The zero-order chi connectivity index (χ0) is 17.1. The van der Waals surface area contributed by atoms with Crippen LogP contribution in [-0.2, 0) is 16.0 Å². The van der Waals surface area contributed by atoms with Crippen LogP contribution in [0.25, 0.3) is 11.1 Å². The van der Waals surface area contributed by atoms with E-state index in [0.29, 0.717) is 25.6 Å². The van der Waals surface area contributed by atoms with Crippen LogP contribution in [0.2, 0.25) is 0 Å². The third-order valence-corrected chi connectivity index (χ3v) is 4.82. The molecule has 1 saturated carbocycles. The molecule has 1 saturated heterocycles. The summed E-state index contributed by atoms with van der Waals surface area (Å²) in [7, 11) is 0. The Morgan fingerprint density at radius 3 is 2.80 bits per heavy atom. The third-order valence-electron chi connectivity index (χ3n) is 4.82.